The van der Waals surface area contributed by atoms with Crippen LogP contribution < -0.4 is 11.3 Å². The topological polar surface area (TPSA) is 38.0 Å². The molecule has 0 heterocycles. The van der Waals surface area contributed by atoms with Gasteiger partial charge in [-0.1, -0.05) is 0 Å². The van der Waals surface area contributed by atoms with Gasteiger partial charge >= 0.3 is 6.18 Å². The van der Waals surface area contributed by atoms with Crippen molar-refractivity contribution in [1.82, 2.24) is 5.43 Å². The molecule has 1 atom stereocenters. The van der Waals surface area contributed by atoms with Crippen LogP contribution in [-0.2, 0) is 0 Å². The van der Waals surface area contributed by atoms with Crippen LogP contribution in [0.4, 0.5) is 22.0 Å². The maximum atomic E-state index is 12.9. The highest BCUT2D eigenvalue weighted by Crippen LogP contribution is 2.38. The summed E-state index contributed by atoms with van der Waals surface area (Å²) in [5.41, 5.74) is 2.33. The minimum atomic E-state index is -4.23. The number of nitrogens with two attached hydrogens (primary N) is 1. The van der Waals surface area contributed by atoms with Gasteiger partial charge in [-0.25, -0.2) is 8.78 Å². The van der Waals surface area contributed by atoms with E-state index >= 15 is 0 Å². The molecular formula is C10H17F5N2. The van der Waals surface area contributed by atoms with Crippen LogP contribution in [0.2, 0.25) is 0 Å². The lowest BCUT2D eigenvalue weighted by atomic mass is 9.81. The van der Waals surface area contributed by atoms with Crippen LogP contribution in [-0.4, -0.2) is 18.1 Å². The first-order chi connectivity index (χ1) is 7.73. The van der Waals surface area contributed by atoms with Crippen molar-refractivity contribution < 1.29 is 22.0 Å². The summed E-state index contributed by atoms with van der Waals surface area (Å²) in [5, 5.41) is 0. The highest BCUT2D eigenvalue weighted by atomic mass is 19.4. The molecule has 7 heteroatoms. The summed E-state index contributed by atoms with van der Waals surface area (Å²) >= 11 is 0. The molecule has 1 aliphatic rings. The lowest BCUT2D eigenvalue weighted by Gasteiger charge is -2.33. The van der Waals surface area contributed by atoms with Crippen molar-refractivity contribution in [3.05, 3.63) is 0 Å². The summed E-state index contributed by atoms with van der Waals surface area (Å²) in [6.45, 7) is 0. The molecule has 0 aromatic heterocycles. The van der Waals surface area contributed by atoms with E-state index in [4.69, 9.17) is 5.84 Å². The van der Waals surface area contributed by atoms with E-state index in [1.165, 1.54) is 0 Å². The maximum Gasteiger partial charge on any atom is 0.389 e. The highest BCUT2D eigenvalue weighted by Gasteiger charge is 2.38. The molecule has 0 aromatic carbocycles. The molecule has 2 nitrogen and oxygen atoms in total. The van der Waals surface area contributed by atoms with Gasteiger partial charge in [0.2, 0.25) is 5.92 Å². The Kier molecular flexibility index (Phi) is 4.71. The highest BCUT2D eigenvalue weighted by molar-refractivity contribution is 4.84. The molecule has 0 radical (unpaired) electrons. The summed E-state index contributed by atoms with van der Waals surface area (Å²) in [5.74, 6) is 2.34. The molecule has 3 N–H and O–H groups in total. The number of halogens is 5. The summed E-state index contributed by atoms with van der Waals surface area (Å²) in [6.07, 6.45) is -5.40. The van der Waals surface area contributed by atoms with Gasteiger partial charge in [0.1, 0.15) is 0 Å². The minimum Gasteiger partial charge on any atom is -0.271 e. The molecule has 0 aromatic rings. The number of hydrogen-bond donors (Lipinski definition) is 2. The van der Waals surface area contributed by atoms with Crippen LogP contribution in [0.1, 0.15) is 38.5 Å². The van der Waals surface area contributed by atoms with E-state index in [2.05, 4.69) is 5.43 Å². The number of hydrazine groups is 1. The third-order valence-corrected chi connectivity index (χ3v) is 3.28. The smallest absolute Gasteiger partial charge is 0.271 e. The van der Waals surface area contributed by atoms with Crippen LogP contribution >= 0.6 is 0 Å². The second-order valence-corrected chi connectivity index (χ2v) is 4.62. The van der Waals surface area contributed by atoms with Gasteiger partial charge in [0.05, 0.1) is 0 Å². The van der Waals surface area contributed by atoms with Crippen molar-refractivity contribution in [3.8, 4) is 0 Å². The normalized spacial score (nSPS) is 23.6. The molecule has 1 fully saturated rings. The summed E-state index contributed by atoms with van der Waals surface area (Å²) in [4.78, 5) is 0. The Hall–Kier alpha value is -0.430. The van der Waals surface area contributed by atoms with Gasteiger partial charge in [-0.3, -0.25) is 11.3 Å². The lowest BCUT2D eigenvalue weighted by Crippen LogP contribution is -2.44. The first-order valence-corrected chi connectivity index (χ1v) is 5.64. The predicted molar refractivity (Wildman–Crippen MR) is 53.3 cm³/mol. The van der Waals surface area contributed by atoms with Gasteiger partial charge in [-0.05, 0) is 25.2 Å². The van der Waals surface area contributed by atoms with Crippen LogP contribution in [0, 0.1) is 5.92 Å². The molecule has 102 valence electrons. The van der Waals surface area contributed by atoms with Crippen molar-refractivity contribution in [2.75, 3.05) is 0 Å². The Labute approximate surface area is 96.7 Å². The minimum absolute atomic E-state index is 0.157. The molecule has 1 rings (SSSR count). The van der Waals surface area contributed by atoms with Crippen LogP contribution in [0.5, 0.6) is 0 Å². The molecule has 0 aliphatic heterocycles. The van der Waals surface area contributed by atoms with E-state index in [0.717, 1.165) is 0 Å². The average Bonchev–Trinajstić information content (AvgIpc) is 2.19. The SMILES string of the molecule is NNC(CCC(F)(F)F)C1CCC(F)(F)CC1. The largest absolute Gasteiger partial charge is 0.389 e. The molecule has 0 amide bonds. The zero-order chi connectivity index (χ0) is 13.1. The zero-order valence-electron chi connectivity index (χ0n) is 9.36. The second kappa shape index (κ2) is 5.48. The summed E-state index contributed by atoms with van der Waals surface area (Å²) in [7, 11) is 0. The number of hydrogen-bond acceptors (Lipinski definition) is 2. The number of nitrogens with one attached hydrogen (secondary N) is 1. The van der Waals surface area contributed by atoms with Crippen LogP contribution in [0.15, 0.2) is 0 Å². The molecule has 1 unspecified atom stereocenters. The third-order valence-electron chi connectivity index (χ3n) is 3.28. The summed E-state index contributed by atoms with van der Waals surface area (Å²) in [6, 6.07) is -0.535. The number of rotatable bonds is 4. The Bertz CT molecular complexity index is 231. The van der Waals surface area contributed by atoms with E-state index in [-0.39, 0.29) is 38.0 Å². The van der Waals surface area contributed by atoms with Gasteiger partial charge in [-0.2, -0.15) is 13.2 Å². The quantitative estimate of drug-likeness (QED) is 0.463. The molecule has 1 saturated carbocycles. The van der Waals surface area contributed by atoms with E-state index < -0.39 is 24.6 Å². The summed E-state index contributed by atoms with van der Waals surface area (Å²) < 4.78 is 61.9. The molecule has 17 heavy (non-hydrogen) atoms. The first kappa shape index (κ1) is 14.6. The van der Waals surface area contributed by atoms with Crippen molar-refractivity contribution in [2.45, 2.75) is 56.7 Å². The molecule has 1 aliphatic carbocycles. The predicted octanol–water partition coefficient (Wildman–Crippen LogP) is 2.99. The average molecular weight is 260 g/mol. The zero-order valence-corrected chi connectivity index (χ0v) is 9.36. The van der Waals surface area contributed by atoms with Crippen molar-refractivity contribution in [2.24, 2.45) is 11.8 Å². The molecule has 0 spiro atoms. The molecule has 0 saturated heterocycles. The molecule has 0 bridgehead atoms. The van der Waals surface area contributed by atoms with E-state index in [1.54, 1.807) is 0 Å². The monoisotopic (exact) mass is 260 g/mol. The van der Waals surface area contributed by atoms with E-state index in [0.29, 0.717) is 0 Å². The lowest BCUT2D eigenvalue weighted by molar-refractivity contribution is -0.138. The fraction of sp³-hybridized carbons (Fsp3) is 1.00. The van der Waals surface area contributed by atoms with Crippen molar-refractivity contribution in [1.29, 1.82) is 0 Å². The Balaban J connectivity index is 2.41. The van der Waals surface area contributed by atoms with Crippen LogP contribution in [0.3, 0.4) is 0 Å². The van der Waals surface area contributed by atoms with Crippen LogP contribution in [0.25, 0.3) is 0 Å². The van der Waals surface area contributed by atoms with Crippen molar-refractivity contribution >= 4 is 0 Å². The van der Waals surface area contributed by atoms with Gasteiger partial charge in [0.25, 0.3) is 0 Å². The fourth-order valence-corrected chi connectivity index (χ4v) is 2.24. The van der Waals surface area contributed by atoms with Gasteiger partial charge in [0.15, 0.2) is 0 Å². The first-order valence-electron chi connectivity index (χ1n) is 5.64. The second-order valence-electron chi connectivity index (χ2n) is 4.62. The van der Waals surface area contributed by atoms with Gasteiger partial charge < -0.3 is 0 Å². The maximum absolute atomic E-state index is 12.9. The standard InChI is InChI=1S/C10H17F5N2/c11-9(12)4-1-7(2-5-9)8(17-16)3-6-10(13,14)15/h7-8,17H,1-6,16H2. The van der Waals surface area contributed by atoms with E-state index in [1.807, 2.05) is 0 Å². The number of alkyl halides is 5. The Morgan fingerprint density at radius 2 is 1.76 bits per heavy atom. The Morgan fingerprint density at radius 3 is 2.18 bits per heavy atom. The van der Waals surface area contributed by atoms with Gasteiger partial charge in [0, 0.05) is 25.3 Å². The van der Waals surface area contributed by atoms with Crippen molar-refractivity contribution in [3.63, 3.8) is 0 Å². The van der Waals surface area contributed by atoms with Gasteiger partial charge in [-0.15, -0.1) is 0 Å². The third kappa shape index (κ3) is 5.16. The molecular weight excluding hydrogens is 243 g/mol. The Morgan fingerprint density at radius 1 is 1.24 bits per heavy atom. The van der Waals surface area contributed by atoms with E-state index in [9.17, 15) is 22.0 Å². The fourth-order valence-electron chi connectivity index (χ4n) is 2.24.